The summed E-state index contributed by atoms with van der Waals surface area (Å²) >= 11 is 0. The van der Waals surface area contributed by atoms with E-state index in [2.05, 4.69) is 27.2 Å². The van der Waals surface area contributed by atoms with Gasteiger partial charge in [-0.05, 0) is 24.6 Å². The van der Waals surface area contributed by atoms with Crippen molar-refractivity contribution in [3.8, 4) is 0 Å². The van der Waals surface area contributed by atoms with Crippen LogP contribution in [0.15, 0.2) is 64.5 Å². The van der Waals surface area contributed by atoms with Gasteiger partial charge in [0.25, 0.3) is 10.0 Å². The highest BCUT2D eigenvalue weighted by atomic mass is 32.2. The first kappa shape index (κ1) is 17.4. The van der Waals surface area contributed by atoms with E-state index in [0.29, 0.717) is 19.3 Å². The van der Waals surface area contributed by atoms with Crippen molar-refractivity contribution in [3.05, 3.63) is 65.7 Å². The minimum atomic E-state index is -3.60. The van der Waals surface area contributed by atoms with Gasteiger partial charge in [-0.25, -0.2) is 13.1 Å². The van der Waals surface area contributed by atoms with Crippen molar-refractivity contribution in [1.82, 2.24) is 10.0 Å². The quantitative estimate of drug-likeness (QED) is 0.718. The molecule has 0 fully saturated rings. The van der Waals surface area contributed by atoms with Gasteiger partial charge >= 0.3 is 0 Å². The molecule has 2 aromatic rings. The molecule has 1 atom stereocenters. The number of hydrogen-bond acceptors (Lipinski definition) is 4. The third kappa shape index (κ3) is 4.80. The van der Waals surface area contributed by atoms with Crippen LogP contribution >= 0.6 is 0 Å². The van der Waals surface area contributed by atoms with Crippen LogP contribution in [-0.4, -0.2) is 34.3 Å². The minimum Gasteiger partial charge on any atom is -0.309 e. The number of aliphatic imine (C=N–C) groups is 1. The van der Waals surface area contributed by atoms with E-state index in [-0.39, 0.29) is 4.90 Å². The SMILES string of the molecule is Cc1ccc(S(=O)(=O)NC2=NC[NH+](CCc3ccccc3)CN2)cc1. The van der Waals surface area contributed by atoms with Crippen molar-refractivity contribution in [2.75, 3.05) is 19.9 Å². The fraction of sp³-hybridized carbons (Fsp3) is 0.278. The molecule has 25 heavy (non-hydrogen) atoms. The lowest BCUT2D eigenvalue weighted by Gasteiger charge is -2.24. The van der Waals surface area contributed by atoms with Crippen LogP contribution in [0.25, 0.3) is 0 Å². The number of nitrogens with zero attached hydrogens (tertiary/aromatic N) is 1. The Morgan fingerprint density at radius 3 is 2.48 bits per heavy atom. The maximum Gasteiger partial charge on any atom is 0.264 e. The molecule has 0 spiro atoms. The molecule has 0 bridgehead atoms. The summed E-state index contributed by atoms with van der Waals surface area (Å²) in [5.74, 6) is 0.309. The Bertz CT molecular complexity index is 833. The number of sulfonamides is 1. The fourth-order valence-corrected chi connectivity index (χ4v) is 3.62. The summed E-state index contributed by atoms with van der Waals surface area (Å²) < 4.78 is 27.3. The molecule has 0 radical (unpaired) electrons. The first-order valence-corrected chi connectivity index (χ1v) is 9.76. The van der Waals surface area contributed by atoms with Crippen molar-refractivity contribution in [2.45, 2.75) is 18.2 Å². The highest BCUT2D eigenvalue weighted by Crippen LogP contribution is 2.09. The van der Waals surface area contributed by atoms with E-state index >= 15 is 0 Å². The van der Waals surface area contributed by atoms with E-state index in [4.69, 9.17) is 0 Å². The van der Waals surface area contributed by atoms with Crippen LogP contribution in [0.4, 0.5) is 0 Å². The molecule has 3 N–H and O–H groups in total. The molecule has 1 heterocycles. The Morgan fingerprint density at radius 2 is 1.84 bits per heavy atom. The molecule has 132 valence electrons. The second-order valence-electron chi connectivity index (χ2n) is 6.17. The zero-order valence-electron chi connectivity index (χ0n) is 14.2. The van der Waals surface area contributed by atoms with Gasteiger partial charge in [0.15, 0.2) is 13.3 Å². The largest absolute Gasteiger partial charge is 0.309 e. The summed E-state index contributed by atoms with van der Waals surface area (Å²) in [6, 6.07) is 17.1. The molecule has 3 rings (SSSR count). The second kappa shape index (κ2) is 7.67. The molecule has 0 amide bonds. The Kier molecular flexibility index (Phi) is 5.35. The first-order valence-electron chi connectivity index (χ1n) is 8.28. The van der Waals surface area contributed by atoms with Gasteiger partial charge in [0, 0.05) is 6.42 Å². The summed E-state index contributed by atoms with van der Waals surface area (Å²) in [7, 11) is -3.60. The summed E-state index contributed by atoms with van der Waals surface area (Å²) in [5, 5.41) is 3.07. The average molecular weight is 359 g/mol. The van der Waals surface area contributed by atoms with E-state index in [1.807, 2.05) is 25.1 Å². The summed E-state index contributed by atoms with van der Waals surface area (Å²) in [6.45, 7) is 4.05. The molecule has 0 aliphatic carbocycles. The lowest BCUT2D eigenvalue weighted by atomic mass is 10.1. The van der Waals surface area contributed by atoms with Crippen LogP contribution in [0, 0.1) is 6.92 Å². The van der Waals surface area contributed by atoms with E-state index in [0.717, 1.165) is 18.5 Å². The predicted octanol–water partition coefficient (Wildman–Crippen LogP) is 0.275. The van der Waals surface area contributed by atoms with Crippen molar-refractivity contribution in [3.63, 3.8) is 0 Å². The Labute approximate surface area is 148 Å². The van der Waals surface area contributed by atoms with Gasteiger partial charge in [-0.15, -0.1) is 0 Å². The topological polar surface area (TPSA) is 75.0 Å². The van der Waals surface area contributed by atoms with E-state index in [1.54, 1.807) is 24.3 Å². The van der Waals surface area contributed by atoms with Gasteiger partial charge < -0.3 is 5.32 Å². The molecule has 1 aliphatic heterocycles. The predicted molar refractivity (Wildman–Crippen MR) is 97.8 cm³/mol. The Balaban J connectivity index is 1.55. The van der Waals surface area contributed by atoms with Gasteiger partial charge in [0.05, 0.1) is 11.4 Å². The number of benzene rings is 2. The monoisotopic (exact) mass is 359 g/mol. The minimum absolute atomic E-state index is 0.237. The third-order valence-corrected chi connectivity index (χ3v) is 5.49. The zero-order chi connectivity index (χ0) is 17.7. The van der Waals surface area contributed by atoms with Crippen LogP contribution in [0.2, 0.25) is 0 Å². The molecule has 1 unspecified atom stereocenters. The molecule has 6 nitrogen and oxygen atoms in total. The second-order valence-corrected chi connectivity index (χ2v) is 7.85. The molecule has 0 saturated carbocycles. The number of nitrogens with one attached hydrogen (secondary N) is 3. The Hall–Kier alpha value is -2.38. The van der Waals surface area contributed by atoms with Gasteiger partial charge in [0.1, 0.15) is 0 Å². The number of guanidine groups is 1. The van der Waals surface area contributed by atoms with Gasteiger partial charge in [-0.3, -0.25) is 4.90 Å². The van der Waals surface area contributed by atoms with Crippen molar-refractivity contribution >= 4 is 16.0 Å². The fourth-order valence-electron chi connectivity index (χ4n) is 2.62. The smallest absolute Gasteiger partial charge is 0.264 e. The average Bonchev–Trinajstić information content (AvgIpc) is 2.62. The highest BCUT2D eigenvalue weighted by molar-refractivity contribution is 7.90. The first-order chi connectivity index (χ1) is 12.0. The summed E-state index contributed by atoms with van der Waals surface area (Å²) in [4.78, 5) is 5.83. The van der Waals surface area contributed by atoms with Crippen LogP contribution < -0.4 is 14.9 Å². The third-order valence-electron chi connectivity index (χ3n) is 4.14. The van der Waals surface area contributed by atoms with E-state index in [1.165, 1.54) is 10.5 Å². The summed E-state index contributed by atoms with van der Waals surface area (Å²) in [6.07, 6.45) is 0.970. The number of rotatable bonds is 5. The van der Waals surface area contributed by atoms with Crippen LogP contribution in [-0.2, 0) is 16.4 Å². The normalized spacial score (nSPS) is 17.5. The Morgan fingerprint density at radius 1 is 1.12 bits per heavy atom. The van der Waals surface area contributed by atoms with Crippen LogP contribution in [0.3, 0.4) is 0 Å². The standard InChI is InChI=1S/C18H22N4O2S/c1-15-7-9-17(10-8-15)25(23,24)21-18-19-13-22(14-20-18)12-11-16-5-3-2-4-6-16/h2-10H,11-14H2,1H3,(H2,19,20,21)/p+1. The number of hydrogen-bond donors (Lipinski definition) is 3. The maximum absolute atomic E-state index is 12.4. The number of aryl methyl sites for hydroxylation is 1. The van der Waals surface area contributed by atoms with E-state index in [9.17, 15) is 8.42 Å². The number of quaternary nitrogens is 1. The van der Waals surface area contributed by atoms with Gasteiger partial charge in [-0.2, -0.15) is 4.99 Å². The molecular formula is C18H23N4O2S+. The van der Waals surface area contributed by atoms with Crippen molar-refractivity contribution in [2.24, 2.45) is 4.99 Å². The van der Waals surface area contributed by atoms with Crippen LogP contribution in [0.1, 0.15) is 11.1 Å². The molecule has 0 aromatic heterocycles. The van der Waals surface area contributed by atoms with Crippen LogP contribution in [0.5, 0.6) is 0 Å². The zero-order valence-corrected chi connectivity index (χ0v) is 15.0. The molecule has 7 heteroatoms. The van der Waals surface area contributed by atoms with Gasteiger partial charge in [0.2, 0.25) is 5.96 Å². The van der Waals surface area contributed by atoms with Crippen molar-refractivity contribution < 1.29 is 13.3 Å². The lowest BCUT2D eigenvalue weighted by molar-refractivity contribution is -0.902. The van der Waals surface area contributed by atoms with E-state index < -0.39 is 10.0 Å². The highest BCUT2D eigenvalue weighted by Gasteiger charge is 2.20. The molecule has 0 saturated heterocycles. The maximum atomic E-state index is 12.4. The molecular weight excluding hydrogens is 336 g/mol. The molecule has 1 aliphatic rings. The van der Waals surface area contributed by atoms with Gasteiger partial charge in [-0.1, -0.05) is 48.0 Å². The summed E-state index contributed by atoms with van der Waals surface area (Å²) in [5.41, 5.74) is 2.31. The molecule has 2 aromatic carbocycles. The lowest BCUT2D eigenvalue weighted by Crippen LogP contribution is -3.14. The van der Waals surface area contributed by atoms with Crippen molar-refractivity contribution in [1.29, 1.82) is 0 Å².